The number of aliphatic hydroxyl groups is 1. The Morgan fingerprint density at radius 2 is 2.23 bits per heavy atom. The van der Waals surface area contributed by atoms with Crippen LogP contribution in [0.15, 0.2) is 23.1 Å². The van der Waals surface area contributed by atoms with Crippen molar-refractivity contribution < 1.29 is 9.84 Å². The van der Waals surface area contributed by atoms with Crippen LogP contribution in [0.25, 0.3) is 0 Å². The van der Waals surface area contributed by atoms with Crippen LogP contribution in [-0.4, -0.2) is 10.0 Å². The zero-order valence-corrected chi connectivity index (χ0v) is 8.52. The molecule has 1 aliphatic rings. The summed E-state index contributed by atoms with van der Waals surface area (Å²) in [6, 6.07) is 5.86. The third kappa shape index (κ3) is 1.54. The van der Waals surface area contributed by atoms with Crippen LogP contribution in [-0.2, 0) is 6.61 Å². The van der Waals surface area contributed by atoms with E-state index in [1.54, 1.807) is 11.8 Å². The van der Waals surface area contributed by atoms with Gasteiger partial charge in [0.15, 0.2) is 4.93 Å². The topological polar surface area (TPSA) is 29.5 Å². The first-order chi connectivity index (χ1) is 6.12. The van der Waals surface area contributed by atoms with E-state index in [4.69, 9.17) is 9.84 Å². The first kappa shape index (κ1) is 8.91. The maximum atomic E-state index is 9.08. The molecule has 0 unspecified atom stereocenters. The summed E-state index contributed by atoms with van der Waals surface area (Å²) >= 11 is 1.69. The lowest BCUT2D eigenvalue weighted by Crippen LogP contribution is -2.18. The van der Waals surface area contributed by atoms with Gasteiger partial charge in [0, 0.05) is 5.56 Å². The number of fused-ring (bicyclic) bond motifs is 1. The molecule has 0 saturated heterocycles. The second-order valence-electron chi connectivity index (χ2n) is 3.51. The minimum absolute atomic E-state index is 0.0415. The van der Waals surface area contributed by atoms with Crippen molar-refractivity contribution in [3.8, 4) is 5.75 Å². The van der Waals surface area contributed by atoms with E-state index in [9.17, 15) is 0 Å². The fraction of sp³-hybridized carbons (Fsp3) is 0.400. The molecule has 1 aromatic rings. The monoisotopic (exact) mass is 196 g/mol. The van der Waals surface area contributed by atoms with Crippen molar-refractivity contribution in [1.82, 2.24) is 0 Å². The number of thioether (sulfide) groups is 1. The third-order valence-corrected chi connectivity index (χ3v) is 3.05. The smallest absolute Gasteiger partial charge is 0.153 e. The van der Waals surface area contributed by atoms with Crippen LogP contribution in [0.2, 0.25) is 0 Å². The van der Waals surface area contributed by atoms with Crippen molar-refractivity contribution in [3.05, 3.63) is 23.8 Å². The zero-order valence-electron chi connectivity index (χ0n) is 7.70. The molecule has 0 radical (unpaired) electrons. The minimum Gasteiger partial charge on any atom is -0.475 e. The van der Waals surface area contributed by atoms with Gasteiger partial charge in [-0.1, -0.05) is 23.9 Å². The Labute approximate surface area is 81.9 Å². The van der Waals surface area contributed by atoms with Gasteiger partial charge in [-0.05, 0) is 19.9 Å². The number of rotatable bonds is 1. The Bertz CT molecular complexity index is 334. The van der Waals surface area contributed by atoms with Crippen LogP contribution in [0.5, 0.6) is 5.75 Å². The molecule has 3 heteroatoms. The third-order valence-electron chi connectivity index (χ3n) is 1.93. The van der Waals surface area contributed by atoms with Crippen LogP contribution in [0.1, 0.15) is 19.4 Å². The van der Waals surface area contributed by atoms with Crippen LogP contribution in [0.3, 0.4) is 0 Å². The van der Waals surface area contributed by atoms with Crippen LogP contribution < -0.4 is 4.74 Å². The fourth-order valence-corrected chi connectivity index (χ4v) is 2.48. The molecule has 1 heterocycles. The van der Waals surface area contributed by atoms with Gasteiger partial charge in [0.05, 0.1) is 11.5 Å². The molecular weight excluding hydrogens is 184 g/mol. The molecule has 1 aliphatic heterocycles. The first-order valence-electron chi connectivity index (χ1n) is 4.23. The quantitative estimate of drug-likeness (QED) is 0.748. The van der Waals surface area contributed by atoms with E-state index in [0.717, 1.165) is 16.2 Å². The van der Waals surface area contributed by atoms with Crippen molar-refractivity contribution in [3.63, 3.8) is 0 Å². The highest BCUT2D eigenvalue weighted by Crippen LogP contribution is 2.48. The van der Waals surface area contributed by atoms with E-state index in [1.807, 2.05) is 32.0 Å². The Hall–Kier alpha value is -0.670. The average molecular weight is 196 g/mol. The van der Waals surface area contributed by atoms with E-state index in [-0.39, 0.29) is 11.5 Å². The minimum atomic E-state index is -0.201. The summed E-state index contributed by atoms with van der Waals surface area (Å²) in [4.78, 5) is 0.921. The summed E-state index contributed by atoms with van der Waals surface area (Å²) in [6.07, 6.45) is 0. The summed E-state index contributed by atoms with van der Waals surface area (Å²) in [5.74, 6) is 0.847. The lowest BCUT2D eigenvalue weighted by atomic mass is 10.2. The van der Waals surface area contributed by atoms with E-state index in [2.05, 4.69) is 0 Å². The lowest BCUT2D eigenvalue weighted by Gasteiger charge is -2.16. The van der Waals surface area contributed by atoms with Gasteiger partial charge in [0.25, 0.3) is 0 Å². The Morgan fingerprint density at radius 3 is 2.92 bits per heavy atom. The molecule has 1 aromatic carbocycles. The second-order valence-corrected chi connectivity index (χ2v) is 5.13. The van der Waals surface area contributed by atoms with Gasteiger partial charge >= 0.3 is 0 Å². The molecule has 0 spiro atoms. The first-order valence-corrected chi connectivity index (χ1v) is 5.05. The fourth-order valence-electron chi connectivity index (χ4n) is 1.41. The summed E-state index contributed by atoms with van der Waals surface area (Å²) in [5.41, 5.74) is 0.871. The van der Waals surface area contributed by atoms with Gasteiger partial charge in [-0.25, -0.2) is 0 Å². The maximum Gasteiger partial charge on any atom is 0.153 e. The van der Waals surface area contributed by atoms with E-state index in [0.29, 0.717) is 0 Å². The van der Waals surface area contributed by atoms with E-state index in [1.165, 1.54) is 0 Å². The highest BCUT2D eigenvalue weighted by atomic mass is 32.2. The number of benzene rings is 1. The molecule has 0 bridgehead atoms. The number of aliphatic hydroxyl groups excluding tert-OH is 1. The van der Waals surface area contributed by atoms with Gasteiger partial charge in [0.1, 0.15) is 5.75 Å². The second kappa shape index (κ2) is 2.93. The number of ether oxygens (including phenoxy) is 1. The Morgan fingerprint density at radius 1 is 1.46 bits per heavy atom. The molecule has 0 amide bonds. The van der Waals surface area contributed by atoms with Crippen molar-refractivity contribution in [2.45, 2.75) is 30.3 Å². The summed E-state index contributed by atoms with van der Waals surface area (Å²) < 4.78 is 5.72. The molecule has 2 nitrogen and oxygen atoms in total. The van der Waals surface area contributed by atoms with Crippen molar-refractivity contribution in [2.75, 3.05) is 0 Å². The van der Waals surface area contributed by atoms with Crippen molar-refractivity contribution in [2.24, 2.45) is 0 Å². The molecule has 2 rings (SSSR count). The normalized spacial score (nSPS) is 18.1. The average Bonchev–Trinajstić information content (AvgIpc) is 2.37. The van der Waals surface area contributed by atoms with Crippen LogP contribution >= 0.6 is 11.8 Å². The Balaban J connectivity index is 2.45. The molecule has 0 atom stereocenters. The highest BCUT2D eigenvalue weighted by Gasteiger charge is 2.32. The van der Waals surface area contributed by atoms with Crippen LogP contribution in [0, 0.1) is 0 Å². The molecule has 0 fully saturated rings. The summed E-state index contributed by atoms with van der Waals surface area (Å²) in [7, 11) is 0. The van der Waals surface area contributed by atoms with Gasteiger partial charge in [-0.15, -0.1) is 0 Å². The molecular formula is C10H12O2S. The predicted octanol–water partition coefficient (Wildman–Crippen LogP) is 2.40. The van der Waals surface area contributed by atoms with Crippen molar-refractivity contribution >= 4 is 11.8 Å². The van der Waals surface area contributed by atoms with E-state index < -0.39 is 0 Å². The highest BCUT2D eigenvalue weighted by molar-refractivity contribution is 8.00. The number of hydrogen-bond donors (Lipinski definition) is 1. The van der Waals surface area contributed by atoms with Gasteiger partial charge in [-0.2, -0.15) is 0 Å². The zero-order chi connectivity index (χ0) is 9.47. The molecule has 0 saturated carbocycles. The van der Waals surface area contributed by atoms with Gasteiger partial charge in [0.2, 0.25) is 0 Å². The SMILES string of the molecule is CC1(C)Oc2c(CO)cccc2S1. The molecule has 70 valence electrons. The summed E-state index contributed by atoms with van der Waals surface area (Å²) in [5, 5.41) is 9.08. The maximum absolute atomic E-state index is 9.08. The van der Waals surface area contributed by atoms with Crippen molar-refractivity contribution in [1.29, 1.82) is 0 Å². The molecule has 1 N–H and O–H groups in total. The number of hydrogen-bond acceptors (Lipinski definition) is 3. The lowest BCUT2D eigenvalue weighted by molar-refractivity contribution is 0.203. The van der Waals surface area contributed by atoms with Gasteiger partial charge in [-0.3, -0.25) is 0 Å². The largest absolute Gasteiger partial charge is 0.475 e. The molecule has 0 aliphatic carbocycles. The molecule has 13 heavy (non-hydrogen) atoms. The molecule has 0 aromatic heterocycles. The standard InChI is InChI=1S/C10H12O2S/c1-10(2)12-9-7(6-11)4-3-5-8(9)13-10/h3-5,11H,6H2,1-2H3. The van der Waals surface area contributed by atoms with E-state index >= 15 is 0 Å². The predicted molar refractivity (Wildman–Crippen MR) is 52.9 cm³/mol. The van der Waals surface area contributed by atoms with Crippen LogP contribution in [0.4, 0.5) is 0 Å². The summed E-state index contributed by atoms with van der Waals surface area (Å²) in [6.45, 7) is 4.09. The Kier molecular flexibility index (Phi) is 2.00. The van der Waals surface area contributed by atoms with Gasteiger partial charge < -0.3 is 9.84 Å². The number of para-hydroxylation sites is 1.